The van der Waals surface area contributed by atoms with E-state index in [0.717, 1.165) is 25.9 Å². The molecule has 0 spiro atoms. The Balaban J connectivity index is 0.000000770. The van der Waals surface area contributed by atoms with Crippen molar-refractivity contribution in [3.63, 3.8) is 0 Å². The van der Waals surface area contributed by atoms with E-state index in [0.29, 0.717) is 0 Å². The van der Waals surface area contributed by atoms with E-state index in [9.17, 15) is 4.79 Å². The van der Waals surface area contributed by atoms with Crippen LogP contribution in [0.25, 0.3) is 0 Å². The van der Waals surface area contributed by atoms with Gasteiger partial charge in [-0.3, -0.25) is 4.79 Å². The van der Waals surface area contributed by atoms with Crippen LogP contribution in [0, 0.1) is 0 Å². The predicted octanol–water partition coefficient (Wildman–Crippen LogP) is 0.964. The van der Waals surface area contributed by atoms with Crippen molar-refractivity contribution in [1.82, 2.24) is 10.6 Å². The molecule has 0 unspecified atom stereocenters. The molecular weight excluding hydrogens is 224 g/mol. The fourth-order valence-corrected chi connectivity index (χ4v) is 1.44. The van der Waals surface area contributed by atoms with E-state index in [2.05, 4.69) is 10.6 Å². The van der Waals surface area contributed by atoms with Crippen LogP contribution in [0.2, 0.25) is 0 Å². The molecule has 0 radical (unpaired) electrons. The van der Waals surface area contributed by atoms with Crippen LogP contribution in [-0.2, 0) is 9.53 Å². The average molecular weight is 246 g/mol. The van der Waals surface area contributed by atoms with Crippen LogP contribution in [0.15, 0.2) is 0 Å². The lowest BCUT2D eigenvalue weighted by Crippen LogP contribution is -2.44. The highest BCUT2D eigenvalue weighted by atomic mass is 16.6. The summed E-state index contributed by atoms with van der Waals surface area (Å²) in [6, 6.07) is 0.270. The smallest absolute Gasteiger partial charge is 0.407 e. The van der Waals surface area contributed by atoms with Crippen molar-refractivity contribution in [2.24, 2.45) is 0 Å². The number of rotatable bonds is 1. The van der Waals surface area contributed by atoms with E-state index >= 15 is 0 Å². The van der Waals surface area contributed by atoms with Gasteiger partial charge in [-0.05, 0) is 46.7 Å². The number of nitrogens with one attached hydrogen (secondary N) is 2. The molecule has 1 heterocycles. The number of carbonyl (C=O) groups excluding carboxylic acids is 1. The molecule has 17 heavy (non-hydrogen) atoms. The van der Waals surface area contributed by atoms with E-state index in [1.165, 1.54) is 0 Å². The first-order valence-electron chi connectivity index (χ1n) is 5.67. The highest BCUT2D eigenvalue weighted by molar-refractivity contribution is 5.68. The summed E-state index contributed by atoms with van der Waals surface area (Å²) in [4.78, 5) is 19.7. The first-order valence-corrected chi connectivity index (χ1v) is 5.67. The Bertz CT molecular complexity index is 232. The Hall–Kier alpha value is -1.30. The van der Waals surface area contributed by atoms with Gasteiger partial charge in [-0.15, -0.1) is 0 Å². The van der Waals surface area contributed by atoms with Crippen molar-refractivity contribution in [1.29, 1.82) is 0 Å². The second-order valence-electron chi connectivity index (χ2n) is 4.78. The Morgan fingerprint density at radius 1 is 1.41 bits per heavy atom. The predicted molar refractivity (Wildman–Crippen MR) is 64.0 cm³/mol. The number of carbonyl (C=O) groups is 2. The van der Waals surface area contributed by atoms with Crippen LogP contribution in [0.5, 0.6) is 0 Å². The molecule has 1 amide bonds. The number of hydrogen-bond donors (Lipinski definition) is 3. The molecule has 100 valence electrons. The Kier molecular flexibility index (Phi) is 7.29. The molecule has 3 N–H and O–H groups in total. The molecule has 1 fully saturated rings. The number of carboxylic acid groups (broad SMARTS) is 1. The minimum absolute atomic E-state index is 0.250. The van der Waals surface area contributed by atoms with Gasteiger partial charge in [-0.25, -0.2) is 4.79 Å². The lowest BCUT2D eigenvalue weighted by Gasteiger charge is -2.26. The Morgan fingerprint density at radius 2 is 1.88 bits per heavy atom. The average Bonchev–Trinajstić information content (AvgIpc) is 2.17. The van der Waals surface area contributed by atoms with Gasteiger partial charge in [0.2, 0.25) is 0 Å². The highest BCUT2D eigenvalue weighted by Crippen LogP contribution is 2.08. The summed E-state index contributed by atoms with van der Waals surface area (Å²) in [5.74, 6) is 0. The lowest BCUT2D eigenvalue weighted by molar-refractivity contribution is -0.122. The van der Waals surface area contributed by atoms with E-state index in [4.69, 9.17) is 14.6 Å². The number of amides is 1. The minimum atomic E-state index is -0.406. The molecule has 1 rings (SSSR count). The van der Waals surface area contributed by atoms with E-state index in [1.807, 2.05) is 20.8 Å². The van der Waals surface area contributed by atoms with Gasteiger partial charge >= 0.3 is 6.09 Å². The van der Waals surface area contributed by atoms with Gasteiger partial charge in [-0.1, -0.05) is 0 Å². The molecule has 0 saturated carbocycles. The molecule has 0 aromatic heterocycles. The van der Waals surface area contributed by atoms with Crippen molar-refractivity contribution >= 4 is 12.6 Å². The molecule has 0 aromatic carbocycles. The van der Waals surface area contributed by atoms with Crippen LogP contribution < -0.4 is 10.6 Å². The first-order chi connectivity index (χ1) is 7.89. The fraction of sp³-hybridized carbons (Fsp3) is 0.818. The van der Waals surface area contributed by atoms with Crippen LogP contribution in [0.1, 0.15) is 33.6 Å². The van der Waals surface area contributed by atoms with Gasteiger partial charge < -0.3 is 20.5 Å². The lowest BCUT2D eigenvalue weighted by atomic mass is 10.1. The molecule has 0 aliphatic carbocycles. The first kappa shape index (κ1) is 15.7. The third kappa shape index (κ3) is 9.62. The second kappa shape index (κ2) is 7.89. The molecule has 0 atom stereocenters. The SMILES string of the molecule is CC(C)(C)OC(=O)NC1CCNCC1.O=CO. The molecule has 1 aliphatic heterocycles. The minimum Gasteiger partial charge on any atom is -0.483 e. The standard InChI is InChI=1S/C10H20N2O2.CH2O2/c1-10(2,3)14-9(13)12-8-4-6-11-7-5-8;2-1-3/h8,11H,4-7H2,1-3H3,(H,12,13);1H,(H,2,3). The third-order valence-electron chi connectivity index (χ3n) is 2.06. The maximum atomic E-state index is 11.4. The largest absolute Gasteiger partial charge is 0.483 e. The highest BCUT2D eigenvalue weighted by Gasteiger charge is 2.20. The maximum absolute atomic E-state index is 11.4. The van der Waals surface area contributed by atoms with Crippen molar-refractivity contribution < 1.29 is 19.4 Å². The van der Waals surface area contributed by atoms with Crippen molar-refractivity contribution in [2.45, 2.75) is 45.3 Å². The molecule has 0 bridgehead atoms. The Morgan fingerprint density at radius 3 is 2.29 bits per heavy atom. The van der Waals surface area contributed by atoms with E-state index in [-0.39, 0.29) is 18.6 Å². The topological polar surface area (TPSA) is 87.7 Å². The van der Waals surface area contributed by atoms with Crippen LogP contribution in [0.4, 0.5) is 4.79 Å². The Labute approximate surface area is 102 Å². The summed E-state index contributed by atoms with van der Waals surface area (Å²) in [5.41, 5.74) is -0.406. The fourth-order valence-electron chi connectivity index (χ4n) is 1.44. The van der Waals surface area contributed by atoms with Gasteiger partial charge in [-0.2, -0.15) is 0 Å². The van der Waals surface area contributed by atoms with Gasteiger partial charge in [0.15, 0.2) is 0 Å². The van der Waals surface area contributed by atoms with Crippen molar-refractivity contribution in [2.75, 3.05) is 13.1 Å². The third-order valence-corrected chi connectivity index (χ3v) is 2.06. The summed E-state index contributed by atoms with van der Waals surface area (Å²) in [6.45, 7) is 7.31. The zero-order valence-electron chi connectivity index (χ0n) is 10.7. The molecule has 1 aliphatic rings. The quantitative estimate of drug-likeness (QED) is 0.600. The molecule has 6 nitrogen and oxygen atoms in total. The van der Waals surface area contributed by atoms with E-state index in [1.54, 1.807) is 0 Å². The summed E-state index contributed by atoms with van der Waals surface area (Å²) in [7, 11) is 0. The number of piperidine rings is 1. The van der Waals surface area contributed by atoms with Crippen molar-refractivity contribution in [3.05, 3.63) is 0 Å². The molecular formula is C11H22N2O4. The van der Waals surface area contributed by atoms with E-state index < -0.39 is 5.60 Å². The zero-order chi connectivity index (χ0) is 13.3. The summed E-state index contributed by atoms with van der Waals surface area (Å²) < 4.78 is 5.17. The van der Waals surface area contributed by atoms with Gasteiger partial charge in [0, 0.05) is 6.04 Å². The van der Waals surface area contributed by atoms with Gasteiger partial charge in [0.05, 0.1) is 0 Å². The summed E-state index contributed by atoms with van der Waals surface area (Å²) in [5, 5.41) is 13.0. The number of alkyl carbamates (subject to hydrolysis) is 1. The second-order valence-corrected chi connectivity index (χ2v) is 4.78. The van der Waals surface area contributed by atoms with Crippen LogP contribution in [0.3, 0.4) is 0 Å². The zero-order valence-corrected chi connectivity index (χ0v) is 10.7. The summed E-state index contributed by atoms with van der Waals surface area (Å²) in [6.07, 6.45) is 1.67. The molecule has 1 saturated heterocycles. The monoisotopic (exact) mass is 246 g/mol. The van der Waals surface area contributed by atoms with Gasteiger partial charge in [0.1, 0.15) is 5.60 Å². The van der Waals surface area contributed by atoms with Crippen LogP contribution >= 0.6 is 0 Å². The normalized spacial score (nSPS) is 16.4. The number of ether oxygens (including phenoxy) is 1. The molecule has 6 heteroatoms. The van der Waals surface area contributed by atoms with Crippen molar-refractivity contribution in [3.8, 4) is 0 Å². The summed E-state index contributed by atoms with van der Waals surface area (Å²) >= 11 is 0. The number of hydrogen-bond acceptors (Lipinski definition) is 4. The maximum Gasteiger partial charge on any atom is 0.407 e. The van der Waals surface area contributed by atoms with Crippen LogP contribution in [-0.4, -0.2) is 42.4 Å². The molecule has 0 aromatic rings. The van der Waals surface area contributed by atoms with Gasteiger partial charge in [0.25, 0.3) is 6.47 Å².